The molecule has 8 aromatic rings. The lowest BCUT2D eigenvalue weighted by Crippen LogP contribution is -2.77. The maximum absolute atomic E-state index is 6.79. The van der Waals surface area contributed by atoms with E-state index in [9.17, 15) is 0 Å². The highest BCUT2D eigenvalue weighted by Gasteiger charge is 2.52. The molecule has 2 aliphatic heterocycles. The van der Waals surface area contributed by atoms with Crippen LogP contribution < -0.4 is 30.4 Å². The molecule has 0 fully saturated rings. The third-order valence-corrected chi connectivity index (χ3v) is 17.1. The molecule has 0 atom stereocenters. The molecule has 1 spiro atoms. The monoisotopic (exact) mass is 653 g/mol. The summed E-state index contributed by atoms with van der Waals surface area (Å²) in [4.78, 5) is 5.07. The summed E-state index contributed by atoms with van der Waals surface area (Å²) in [6.07, 6.45) is 0. The molecule has 3 heterocycles. The van der Waals surface area contributed by atoms with Crippen LogP contribution in [-0.2, 0) is 0 Å². The summed E-state index contributed by atoms with van der Waals surface area (Å²) in [7, 11) is -2.77. The summed E-state index contributed by atoms with van der Waals surface area (Å²) in [5.74, 6) is 1.91. The Morgan fingerprint density at radius 1 is 0.426 bits per heavy atom. The van der Waals surface area contributed by atoms with E-state index in [0.717, 1.165) is 28.6 Å². The van der Waals surface area contributed by atoms with Crippen LogP contribution in [0.4, 0.5) is 17.1 Å². The highest BCUT2D eigenvalue weighted by Crippen LogP contribution is 2.43. The number of para-hydroxylation sites is 2. The third kappa shape index (κ3) is 3.97. The first-order valence-electron chi connectivity index (χ1n) is 15.8. The fourth-order valence-corrected chi connectivity index (χ4v) is 15.9. The molecule has 0 radical (unpaired) electrons. The number of hydrogen-bond donors (Lipinski definition) is 0. The van der Waals surface area contributed by atoms with Crippen LogP contribution in [0.15, 0.2) is 174 Å². The normalized spacial score (nSPS) is 13.8. The van der Waals surface area contributed by atoms with Gasteiger partial charge in [0.2, 0.25) is 0 Å². The van der Waals surface area contributed by atoms with Gasteiger partial charge in [-0.05, 0) is 93.5 Å². The molecule has 1 aromatic heterocycles. The van der Waals surface area contributed by atoms with Crippen LogP contribution in [0, 0.1) is 0 Å². The molecular formula is C42H27NOS2Si. The fraction of sp³-hybridized carbons (Fsp3) is 0. The van der Waals surface area contributed by atoms with Crippen molar-refractivity contribution in [2.24, 2.45) is 0 Å². The number of nitrogens with zero attached hydrogens (tertiary/aromatic N) is 1. The minimum absolute atomic E-state index is 0.947. The standard InChI is InChI=1S/C42H27NOS2Si/c1-2-12-28(13-3-1)43(29-23-25-36-32(26-29)31-14-4-6-16-35(31)45-36)30-22-24-34-42(27-30)47(39-19-9-5-15-33(39)44-34)40-20-10-7-17-37(40)46-38-18-8-11-21-41(38)47/h1-27H. The smallest absolute Gasteiger partial charge is 0.190 e. The Morgan fingerprint density at radius 2 is 1.02 bits per heavy atom. The second-order valence-electron chi connectivity index (χ2n) is 12.1. The van der Waals surface area contributed by atoms with Gasteiger partial charge in [0, 0.05) is 47.0 Å². The summed E-state index contributed by atoms with van der Waals surface area (Å²) in [5, 5.41) is 8.04. The van der Waals surface area contributed by atoms with Crippen LogP contribution in [0.5, 0.6) is 11.5 Å². The van der Waals surface area contributed by atoms with Crippen molar-refractivity contribution >= 4 is 89.2 Å². The Bertz CT molecular complexity index is 2400. The minimum atomic E-state index is -2.77. The maximum atomic E-state index is 6.79. The van der Waals surface area contributed by atoms with Crippen molar-refractivity contribution in [3.63, 3.8) is 0 Å². The first kappa shape index (κ1) is 27.1. The Morgan fingerprint density at radius 3 is 1.83 bits per heavy atom. The molecule has 10 rings (SSSR count). The average Bonchev–Trinajstić information content (AvgIpc) is 3.50. The predicted molar refractivity (Wildman–Crippen MR) is 202 cm³/mol. The summed E-state index contributed by atoms with van der Waals surface area (Å²) in [6.45, 7) is 0. The van der Waals surface area contributed by atoms with Gasteiger partial charge < -0.3 is 9.64 Å². The predicted octanol–water partition coefficient (Wildman–Crippen LogP) is 9.47. The van der Waals surface area contributed by atoms with Crippen LogP contribution in [0.25, 0.3) is 20.2 Å². The zero-order valence-electron chi connectivity index (χ0n) is 25.3. The SMILES string of the molecule is c1ccc(N(c2ccc3c(c2)[Si]2(c4ccccc4O3)c3ccccc3Sc3ccccc32)c2ccc3sc4ccccc4c3c2)cc1. The largest absolute Gasteiger partial charge is 0.458 e. The van der Waals surface area contributed by atoms with Crippen LogP contribution in [-0.4, -0.2) is 8.07 Å². The highest BCUT2D eigenvalue weighted by molar-refractivity contribution is 8.00. The van der Waals surface area contributed by atoms with Crippen LogP contribution >= 0.6 is 23.1 Å². The summed E-state index contributed by atoms with van der Waals surface area (Å²) in [6, 6.07) is 60.1. The van der Waals surface area contributed by atoms with Gasteiger partial charge in [-0.25, -0.2) is 0 Å². The fourth-order valence-electron chi connectivity index (χ4n) is 7.62. The molecule has 0 bridgehead atoms. The number of thiophene rings is 1. The van der Waals surface area contributed by atoms with Crippen molar-refractivity contribution in [3.8, 4) is 11.5 Å². The van der Waals surface area contributed by atoms with Gasteiger partial charge >= 0.3 is 0 Å². The molecule has 0 aliphatic carbocycles. The van der Waals surface area contributed by atoms with E-state index in [1.54, 1.807) is 0 Å². The highest BCUT2D eigenvalue weighted by atomic mass is 32.2. The molecule has 222 valence electrons. The number of fused-ring (bicyclic) bond motifs is 11. The van der Waals surface area contributed by atoms with Gasteiger partial charge in [-0.1, -0.05) is 103 Å². The molecule has 2 aliphatic rings. The van der Waals surface area contributed by atoms with Crippen LogP contribution in [0.2, 0.25) is 0 Å². The number of hydrogen-bond acceptors (Lipinski definition) is 4. The molecule has 47 heavy (non-hydrogen) atoms. The van der Waals surface area contributed by atoms with Gasteiger partial charge in [0.25, 0.3) is 0 Å². The summed E-state index contributed by atoms with van der Waals surface area (Å²) >= 11 is 3.75. The second kappa shape index (κ2) is 10.5. The van der Waals surface area contributed by atoms with Crippen LogP contribution in [0.3, 0.4) is 0 Å². The molecule has 0 unspecified atom stereocenters. The lowest BCUT2D eigenvalue weighted by Gasteiger charge is -2.43. The summed E-state index contributed by atoms with van der Waals surface area (Å²) in [5.41, 5.74) is 3.39. The number of anilines is 3. The molecule has 5 heteroatoms. The van der Waals surface area contributed by atoms with Gasteiger partial charge in [0.1, 0.15) is 11.5 Å². The van der Waals surface area contributed by atoms with Crippen molar-refractivity contribution in [3.05, 3.63) is 164 Å². The van der Waals surface area contributed by atoms with Crippen molar-refractivity contribution in [1.29, 1.82) is 0 Å². The average molecular weight is 654 g/mol. The Balaban J connectivity index is 1.27. The Labute approximate surface area is 282 Å². The van der Waals surface area contributed by atoms with E-state index in [1.807, 2.05) is 23.1 Å². The first-order valence-corrected chi connectivity index (χ1v) is 19.5. The number of ether oxygens (including phenoxy) is 1. The van der Waals surface area contributed by atoms with E-state index < -0.39 is 8.07 Å². The Hall–Kier alpha value is -5.07. The molecular weight excluding hydrogens is 627 g/mol. The van der Waals surface area contributed by atoms with Crippen molar-refractivity contribution in [2.75, 3.05) is 4.90 Å². The molecule has 7 aromatic carbocycles. The molecule has 2 nitrogen and oxygen atoms in total. The van der Waals surface area contributed by atoms with Gasteiger partial charge in [0.15, 0.2) is 8.07 Å². The van der Waals surface area contributed by atoms with E-state index in [-0.39, 0.29) is 0 Å². The van der Waals surface area contributed by atoms with Gasteiger partial charge in [-0.15, -0.1) is 11.3 Å². The van der Waals surface area contributed by atoms with E-state index in [0.29, 0.717) is 0 Å². The van der Waals surface area contributed by atoms with E-state index in [4.69, 9.17) is 4.74 Å². The van der Waals surface area contributed by atoms with Crippen molar-refractivity contribution in [1.82, 2.24) is 0 Å². The lowest BCUT2D eigenvalue weighted by atomic mass is 10.1. The van der Waals surface area contributed by atoms with Gasteiger partial charge in [-0.3, -0.25) is 0 Å². The zero-order valence-corrected chi connectivity index (χ0v) is 27.9. The van der Waals surface area contributed by atoms with Gasteiger partial charge in [0.05, 0.1) is 0 Å². The van der Waals surface area contributed by atoms with E-state index in [2.05, 4.69) is 169 Å². The number of benzene rings is 7. The third-order valence-electron chi connectivity index (χ3n) is 9.57. The van der Waals surface area contributed by atoms with Crippen LogP contribution in [0.1, 0.15) is 0 Å². The lowest BCUT2D eigenvalue weighted by molar-refractivity contribution is 0.487. The second-order valence-corrected chi connectivity index (χ2v) is 17.9. The molecule has 0 saturated heterocycles. The molecule has 0 N–H and O–H groups in total. The van der Waals surface area contributed by atoms with E-state index >= 15 is 0 Å². The van der Waals surface area contributed by atoms with Crippen molar-refractivity contribution in [2.45, 2.75) is 9.79 Å². The maximum Gasteiger partial charge on any atom is 0.190 e. The quantitative estimate of drug-likeness (QED) is 0.176. The molecule has 0 amide bonds. The van der Waals surface area contributed by atoms with E-state index in [1.165, 1.54) is 50.7 Å². The molecule has 0 saturated carbocycles. The van der Waals surface area contributed by atoms with Gasteiger partial charge in [-0.2, -0.15) is 0 Å². The topological polar surface area (TPSA) is 12.5 Å². The summed E-state index contributed by atoms with van der Waals surface area (Å²) < 4.78 is 9.41. The zero-order chi connectivity index (χ0) is 31.0. The first-order chi connectivity index (χ1) is 23.3. The number of rotatable bonds is 3. The Kier molecular flexibility index (Phi) is 6.03. The van der Waals surface area contributed by atoms with Crippen molar-refractivity contribution < 1.29 is 4.74 Å². The minimum Gasteiger partial charge on any atom is -0.458 e.